The topological polar surface area (TPSA) is 125 Å². The number of nitrogens with zero attached hydrogens (tertiary/aromatic N) is 4. The van der Waals surface area contributed by atoms with Crippen molar-refractivity contribution in [2.45, 2.75) is 50.5 Å². The monoisotopic (exact) mass is 517 g/mol. The lowest BCUT2D eigenvalue weighted by Crippen LogP contribution is -2.44. The van der Waals surface area contributed by atoms with E-state index in [0.717, 1.165) is 6.42 Å². The number of piperidine rings is 1. The number of sulfone groups is 1. The van der Waals surface area contributed by atoms with Gasteiger partial charge in [-0.2, -0.15) is 0 Å². The molecule has 2 aliphatic rings. The molecule has 3 heterocycles. The highest BCUT2D eigenvalue weighted by Gasteiger charge is 2.35. The van der Waals surface area contributed by atoms with Crippen molar-refractivity contribution in [2.24, 2.45) is 0 Å². The van der Waals surface area contributed by atoms with Crippen molar-refractivity contribution in [1.29, 1.82) is 0 Å². The summed E-state index contributed by atoms with van der Waals surface area (Å²) in [7, 11) is -3.45. The summed E-state index contributed by atoms with van der Waals surface area (Å²) in [4.78, 5) is 25.7. The first-order valence-corrected chi connectivity index (χ1v) is 14.1. The second-order valence-corrected chi connectivity index (χ2v) is 12.6. The molecule has 2 saturated heterocycles. The fraction of sp³-hybridized carbons (Fsp3) is 0.560. The van der Waals surface area contributed by atoms with Gasteiger partial charge in [0.25, 0.3) is 0 Å². The van der Waals surface area contributed by atoms with Crippen molar-refractivity contribution in [1.82, 2.24) is 14.9 Å². The highest BCUT2D eigenvalue weighted by molar-refractivity contribution is 7.91. The predicted octanol–water partition coefficient (Wildman–Crippen LogP) is 2.64. The smallest absolute Gasteiger partial charge is 0.321 e. The second-order valence-electron chi connectivity index (χ2n) is 10.1. The van der Waals surface area contributed by atoms with Crippen molar-refractivity contribution in [3.8, 4) is 11.4 Å². The van der Waals surface area contributed by atoms with Crippen molar-refractivity contribution in [3.63, 3.8) is 0 Å². The maximum absolute atomic E-state index is 12.6. The van der Waals surface area contributed by atoms with E-state index in [0.29, 0.717) is 67.9 Å². The number of aliphatic hydroxyl groups excluding tert-OH is 1. The number of aromatic nitrogens is 2. The SMILES string of the molecule is C[C@H]1COCCN1c1cc(C(C)(C)S(C)(=O)=O)nc(-c2ccc(NC(=O)N3CCCC(O)C3)cc2)n1. The number of aliphatic hydroxyl groups is 1. The molecule has 2 amide bonds. The Morgan fingerprint density at radius 3 is 2.56 bits per heavy atom. The van der Waals surface area contributed by atoms with E-state index >= 15 is 0 Å². The van der Waals surface area contributed by atoms with Gasteiger partial charge in [-0.05, 0) is 57.9 Å². The van der Waals surface area contributed by atoms with Crippen LogP contribution in [0.3, 0.4) is 0 Å². The molecule has 10 nitrogen and oxygen atoms in total. The Bertz CT molecular complexity index is 1200. The average Bonchev–Trinajstić information content (AvgIpc) is 2.84. The third-order valence-corrected chi connectivity index (χ3v) is 9.06. The number of urea groups is 1. The van der Waals surface area contributed by atoms with Gasteiger partial charge in [0.1, 0.15) is 10.6 Å². The van der Waals surface area contributed by atoms with Crippen LogP contribution in [0.1, 0.15) is 39.3 Å². The second kappa shape index (κ2) is 10.3. The van der Waals surface area contributed by atoms with E-state index in [1.165, 1.54) is 6.26 Å². The lowest BCUT2D eigenvalue weighted by molar-refractivity contribution is 0.0883. The van der Waals surface area contributed by atoms with Crippen molar-refractivity contribution in [2.75, 3.05) is 49.3 Å². The van der Waals surface area contributed by atoms with Gasteiger partial charge in [0.05, 0.1) is 31.1 Å². The Morgan fingerprint density at radius 1 is 1.19 bits per heavy atom. The summed E-state index contributed by atoms with van der Waals surface area (Å²) in [5.74, 6) is 1.07. The fourth-order valence-corrected chi connectivity index (χ4v) is 4.81. The molecule has 0 saturated carbocycles. The van der Waals surface area contributed by atoms with Gasteiger partial charge >= 0.3 is 6.03 Å². The molecule has 2 fully saturated rings. The van der Waals surface area contributed by atoms with Gasteiger partial charge in [-0.15, -0.1) is 0 Å². The van der Waals surface area contributed by atoms with Gasteiger partial charge in [-0.25, -0.2) is 23.2 Å². The summed E-state index contributed by atoms with van der Waals surface area (Å²) in [6, 6.07) is 8.73. The zero-order chi connectivity index (χ0) is 26.1. The lowest BCUT2D eigenvalue weighted by Gasteiger charge is -2.35. The average molecular weight is 518 g/mol. The Hall–Kier alpha value is -2.76. The Kier molecular flexibility index (Phi) is 7.53. The number of amides is 2. The first-order valence-electron chi connectivity index (χ1n) is 12.2. The Balaban J connectivity index is 1.64. The Labute approximate surface area is 212 Å². The highest BCUT2D eigenvalue weighted by Crippen LogP contribution is 2.32. The maximum Gasteiger partial charge on any atom is 0.321 e. The van der Waals surface area contributed by atoms with Gasteiger partial charge in [0.15, 0.2) is 15.7 Å². The minimum Gasteiger partial charge on any atom is -0.391 e. The third kappa shape index (κ3) is 5.63. The molecule has 2 atom stereocenters. The maximum atomic E-state index is 12.6. The van der Waals surface area contributed by atoms with Crippen LogP contribution in [0.15, 0.2) is 30.3 Å². The summed E-state index contributed by atoms with van der Waals surface area (Å²) in [5, 5.41) is 12.7. The molecule has 2 aliphatic heterocycles. The zero-order valence-corrected chi connectivity index (χ0v) is 22.1. The number of nitrogens with one attached hydrogen (secondary N) is 1. The van der Waals surface area contributed by atoms with E-state index < -0.39 is 20.7 Å². The molecule has 0 aliphatic carbocycles. The molecule has 1 aromatic heterocycles. The van der Waals surface area contributed by atoms with Crippen LogP contribution in [0.2, 0.25) is 0 Å². The summed E-state index contributed by atoms with van der Waals surface area (Å²) in [6.07, 6.45) is 2.20. The summed E-state index contributed by atoms with van der Waals surface area (Å²) < 4.78 is 29.6. The fourth-order valence-electron chi connectivity index (χ4n) is 4.32. The summed E-state index contributed by atoms with van der Waals surface area (Å²) >= 11 is 0. The molecule has 0 spiro atoms. The lowest BCUT2D eigenvalue weighted by atomic mass is 10.1. The van der Waals surface area contributed by atoms with Crippen LogP contribution < -0.4 is 10.2 Å². The number of hydrogen-bond donors (Lipinski definition) is 2. The number of β-amino-alcohol motifs (C(OH)–C–C–N with tert-alkyl or cyclic N) is 1. The van der Waals surface area contributed by atoms with E-state index in [1.807, 2.05) is 6.92 Å². The van der Waals surface area contributed by atoms with E-state index in [4.69, 9.17) is 9.72 Å². The Morgan fingerprint density at radius 2 is 1.92 bits per heavy atom. The molecule has 196 valence electrons. The third-order valence-electron chi connectivity index (χ3n) is 7.00. The van der Waals surface area contributed by atoms with Crippen LogP contribution in [0.4, 0.5) is 16.3 Å². The number of benzene rings is 1. The van der Waals surface area contributed by atoms with Gasteiger partial charge in [0, 0.05) is 43.2 Å². The van der Waals surface area contributed by atoms with Gasteiger partial charge in [-0.1, -0.05) is 0 Å². The molecule has 0 radical (unpaired) electrons. The molecule has 11 heteroatoms. The number of rotatable bonds is 5. The molecule has 0 bridgehead atoms. The van der Waals surface area contributed by atoms with Crippen LogP contribution in [-0.4, -0.2) is 85.7 Å². The van der Waals surface area contributed by atoms with Crippen molar-refractivity contribution >= 4 is 27.4 Å². The quantitative estimate of drug-likeness (QED) is 0.620. The van der Waals surface area contributed by atoms with Crippen LogP contribution in [0, 0.1) is 0 Å². The number of anilines is 2. The molecule has 36 heavy (non-hydrogen) atoms. The molecular formula is C25H35N5O5S. The van der Waals surface area contributed by atoms with Crippen LogP contribution >= 0.6 is 0 Å². The molecule has 4 rings (SSSR count). The van der Waals surface area contributed by atoms with Crippen LogP contribution in [-0.2, 0) is 19.3 Å². The van der Waals surface area contributed by atoms with Crippen molar-refractivity contribution in [3.05, 3.63) is 36.0 Å². The number of morpholine rings is 1. The van der Waals surface area contributed by atoms with Crippen LogP contribution in [0.25, 0.3) is 11.4 Å². The number of carbonyl (C=O) groups is 1. The predicted molar refractivity (Wildman–Crippen MR) is 139 cm³/mol. The minimum absolute atomic E-state index is 0.0848. The first kappa shape index (κ1) is 26.3. The number of likely N-dealkylation sites (tertiary alicyclic amines) is 1. The first-order chi connectivity index (χ1) is 17.0. The minimum atomic E-state index is -3.45. The van der Waals surface area contributed by atoms with Crippen molar-refractivity contribution < 1.29 is 23.1 Å². The largest absolute Gasteiger partial charge is 0.391 e. The molecular weight excluding hydrogens is 482 g/mol. The van der Waals surface area contributed by atoms with E-state index in [9.17, 15) is 18.3 Å². The van der Waals surface area contributed by atoms with E-state index in [2.05, 4.69) is 15.2 Å². The van der Waals surface area contributed by atoms with E-state index in [1.54, 1.807) is 49.1 Å². The highest BCUT2D eigenvalue weighted by atomic mass is 32.2. The van der Waals surface area contributed by atoms with Gasteiger partial charge < -0.3 is 25.0 Å². The standard InChI is InChI=1S/C25H35N5O5S/c1-17-16-35-13-12-30(17)22-14-21(25(2,3)36(4,33)34)27-23(28-22)18-7-9-19(10-8-18)26-24(32)29-11-5-6-20(31)15-29/h7-10,14,17,20,31H,5-6,11-13,15-16H2,1-4H3,(H,26,32)/t17-,20?/m0/s1. The van der Waals surface area contributed by atoms with E-state index in [-0.39, 0.29) is 12.1 Å². The summed E-state index contributed by atoms with van der Waals surface area (Å²) in [5.41, 5.74) is 1.73. The molecule has 1 aromatic carbocycles. The van der Waals surface area contributed by atoms with Gasteiger partial charge in [-0.3, -0.25) is 0 Å². The summed E-state index contributed by atoms with van der Waals surface area (Å²) in [6.45, 7) is 8.05. The number of carbonyl (C=O) groups excluding carboxylic acids is 1. The van der Waals surface area contributed by atoms with Crippen LogP contribution in [0.5, 0.6) is 0 Å². The normalized spacial score (nSPS) is 21.4. The molecule has 2 N–H and O–H groups in total. The number of ether oxygens (including phenoxy) is 1. The number of hydrogen-bond acceptors (Lipinski definition) is 8. The zero-order valence-electron chi connectivity index (χ0n) is 21.3. The van der Waals surface area contributed by atoms with Gasteiger partial charge in [0.2, 0.25) is 0 Å². The molecule has 1 unspecified atom stereocenters. The molecule has 2 aromatic rings.